The SMILES string of the molecule is Cc1csc(C(C)NC(=O)c2ccccc2CCN)n1. The van der Waals surface area contributed by atoms with Crippen LogP contribution in [0.4, 0.5) is 0 Å². The standard InChI is InChI=1S/C15H19N3OS/c1-10-9-20-15(17-10)11(2)18-14(19)13-6-4-3-5-12(13)7-8-16/h3-6,9,11H,7-8,16H2,1-2H3,(H,18,19). The van der Waals surface area contributed by atoms with Crippen molar-refractivity contribution in [3.05, 3.63) is 51.5 Å². The Bertz CT molecular complexity index is 594. The number of amides is 1. The van der Waals surface area contributed by atoms with Gasteiger partial charge in [-0.05, 0) is 38.4 Å². The maximum absolute atomic E-state index is 12.4. The lowest BCUT2D eigenvalue weighted by Crippen LogP contribution is -2.27. The number of hydrogen-bond donors (Lipinski definition) is 2. The van der Waals surface area contributed by atoms with E-state index in [4.69, 9.17) is 5.73 Å². The van der Waals surface area contributed by atoms with Gasteiger partial charge in [0.2, 0.25) is 0 Å². The van der Waals surface area contributed by atoms with Gasteiger partial charge in [-0.3, -0.25) is 4.79 Å². The van der Waals surface area contributed by atoms with Gasteiger partial charge in [0, 0.05) is 16.6 Å². The van der Waals surface area contributed by atoms with Crippen molar-refractivity contribution in [3.8, 4) is 0 Å². The summed E-state index contributed by atoms with van der Waals surface area (Å²) in [6, 6.07) is 7.48. The highest BCUT2D eigenvalue weighted by Crippen LogP contribution is 2.18. The number of nitrogens with zero attached hydrogens (tertiary/aromatic N) is 1. The summed E-state index contributed by atoms with van der Waals surface area (Å²) in [6.07, 6.45) is 0.703. The van der Waals surface area contributed by atoms with E-state index in [0.29, 0.717) is 18.5 Å². The summed E-state index contributed by atoms with van der Waals surface area (Å²) in [6.45, 7) is 4.43. The van der Waals surface area contributed by atoms with Gasteiger partial charge in [0.05, 0.1) is 6.04 Å². The Kier molecular flexibility index (Phi) is 4.87. The van der Waals surface area contributed by atoms with Crippen LogP contribution < -0.4 is 11.1 Å². The van der Waals surface area contributed by atoms with E-state index in [9.17, 15) is 4.79 Å². The Labute approximate surface area is 123 Å². The first-order valence-electron chi connectivity index (χ1n) is 6.62. The number of thiazole rings is 1. The number of hydrogen-bond acceptors (Lipinski definition) is 4. The minimum absolute atomic E-state index is 0.0746. The predicted molar refractivity (Wildman–Crippen MR) is 81.9 cm³/mol. The van der Waals surface area contributed by atoms with Crippen LogP contribution in [0.15, 0.2) is 29.6 Å². The van der Waals surface area contributed by atoms with Crippen molar-refractivity contribution in [2.75, 3.05) is 6.54 Å². The van der Waals surface area contributed by atoms with Crippen LogP contribution in [0.3, 0.4) is 0 Å². The highest BCUT2D eigenvalue weighted by molar-refractivity contribution is 7.09. The van der Waals surface area contributed by atoms with E-state index in [1.54, 1.807) is 11.3 Å². The quantitative estimate of drug-likeness (QED) is 0.888. The van der Waals surface area contributed by atoms with Gasteiger partial charge in [0.1, 0.15) is 5.01 Å². The molecule has 0 radical (unpaired) electrons. The normalized spacial score (nSPS) is 12.2. The number of aromatic nitrogens is 1. The Hall–Kier alpha value is -1.72. The Balaban J connectivity index is 2.12. The molecule has 5 heteroatoms. The second-order valence-electron chi connectivity index (χ2n) is 4.72. The Morgan fingerprint density at radius 2 is 2.20 bits per heavy atom. The van der Waals surface area contributed by atoms with Crippen molar-refractivity contribution < 1.29 is 4.79 Å². The number of rotatable bonds is 5. The number of nitrogens with two attached hydrogens (primary N) is 1. The van der Waals surface area contributed by atoms with Gasteiger partial charge in [-0.15, -0.1) is 11.3 Å². The number of carbonyl (C=O) groups excluding carboxylic acids is 1. The molecule has 0 aliphatic heterocycles. The van der Waals surface area contributed by atoms with E-state index in [2.05, 4.69) is 10.3 Å². The van der Waals surface area contributed by atoms with E-state index in [1.165, 1.54) is 0 Å². The molecule has 1 heterocycles. The number of aryl methyl sites for hydroxylation is 1. The first kappa shape index (κ1) is 14.7. The highest BCUT2D eigenvalue weighted by Gasteiger charge is 2.16. The molecule has 2 rings (SSSR count). The molecule has 1 unspecified atom stereocenters. The first-order chi connectivity index (χ1) is 9.61. The van der Waals surface area contributed by atoms with Crippen molar-refractivity contribution in [1.29, 1.82) is 0 Å². The molecule has 0 saturated carbocycles. The van der Waals surface area contributed by atoms with Crippen LogP contribution in [-0.4, -0.2) is 17.4 Å². The molecular formula is C15H19N3OS. The summed E-state index contributed by atoms with van der Waals surface area (Å²) < 4.78 is 0. The van der Waals surface area contributed by atoms with E-state index in [1.807, 2.05) is 43.5 Å². The molecule has 106 valence electrons. The monoisotopic (exact) mass is 289 g/mol. The molecule has 0 saturated heterocycles. The van der Waals surface area contributed by atoms with Gasteiger partial charge in [-0.2, -0.15) is 0 Å². The zero-order valence-electron chi connectivity index (χ0n) is 11.7. The van der Waals surface area contributed by atoms with Gasteiger partial charge in [0.25, 0.3) is 5.91 Å². The topological polar surface area (TPSA) is 68.0 Å². The largest absolute Gasteiger partial charge is 0.343 e. The third-order valence-corrected chi connectivity index (χ3v) is 4.18. The van der Waals surface area contributed by atoms with Crippen LogP contribution >= 0.6 is 11.3 Å². The molecule has 1 aromatic heterocycles. The fourth-order valence-electron chi connectivity index (χ4n) is 2.02. The summed E-state index contributed by atoms with van der Waals surface area (Å²) >= 11 is 1.56. The van der Waals surface area contributed by atoms with Crippen molar-refractivity contribution in [1.82, 2.24) is 10.3 Å². The molecule has 0 aliphatic carbocycles. The smallest absolute Gasteiger partial charge is 0.252 e. The van der Waals surface area contributed by atoms with Gasteiger partial charge in [0.15, 0.2) is 0 Å². The summed E-state index contributed by atoms with van der Waals surface area (Å²) in [5.74, 6) is -0.0746. The van der Waals surface area contributed by atoms with Crippen LogP contribution in [0.2, 0.25) is 0 Å². The zero-order valence-corrected chi connectivity index (χ0v) is 12.5. The van der Waals surface area contributed by atoms with E-state index in [0.717, 1.165) is 16.3 Å². The average molecular weight is 289 g/mol. The maximum atomic E-state index is 12.4. The molecule has 1 amide bonds. The Morgan fingerprint density at radius 1 is 1.45 bits per heavy atom. The molecule has 0 bridgehead atoms. The predicted octanol–water partition coefficient (Wildman–Crippen LogP) is 2.44. The summed E-state index contributed by atoms with van der Waals surface area (Å²) in [4.78, 5) is 16.8. The average Bonchev–Trinajstić information content (AvgIpc) is 2.86. The van der Waals surface area contributed by atoms with E-state index < -0.39 is 0 Å². The molecule has 3 N–H and O–H groups in total. The third-order valence-electron chi connectivity index (χ3n) is 3.03. The third kappa shape index (κ3) is 3.43. The summed E-state index contributed by atoms with van der Waals surface area (Å²) in [5, 5.41) is 5.90. The molecule has 0 aliphatic rings. The zero-order chi connectivity index (χ0) is 14.5. The van der Waals surface area contributed by atoms with Crippen LogP contribution in [0.25, 0.3) is 0 Å². The van der Waals surface area contributed by atoms with Crippen LogP contribution in [0.1, 0.15) is 39.6 Å². The number of nitrogens with one attached hydrogen (secondary N) is 1. The fraction of sp³-hybridized carbons (Fsp3) is 0.333. The van der Waals surface area contributed by atoms with Crippen LogP contribution in [0.5, 0.6) is 0 Å². The van der Waals surface area contributed by atoms with Crippen LogP contribution in [-0.2, 0) is 6.42 Å². The van der Waals surface area contributed by atoms with Crippen molar-refractivity contribution >= 4 is 17.2 Å². The van der Waals surface area contributed by atoms with Gasteiger partial charge < -0.3 is 11.1 Å². The van der Waals surface area contributed by atoms with Gasteiger partial charge >= 0.3 is 0 Å². The number of benzene rings is 1. The molecule has 2 aromatic rings. The molecule has 0 spiro atoms. The van der Waals surface area contributed by atoms with Crippen molar-refractivity contribution in [2.24, 2.45) is 5.73 Å². The Morgan fingerprint density at radius 3 is 2.85 bits per heavy atom. The second kappa shape index (κ2) is 6.63. The lowest BCUT2D eigenvalue weighted by molar-refractivity contribution is 0.0939. The lowest BCUT2D eigenvalue weighted by atomic mass is 10.0. The van der Waals surface area contributed by atoms with Crippen LogP contribution in [0, 0.1) is 6.92 Å². The fourth-order valence-corrected chi connectivity index (χ4v) is 2.83. The molecule has 1 aromatic carbocycles. The highest BCUT2D eigenvalue weighted by atomic mass is 32.1. The van der Waals surface area contributed by atoms with Crippen molar-refractivity contribution in [3.63, 3.8) is 0 Å². The van der Waals surface area contributed by atoms with Gasteiger partial charge in [-0.25, -0.2) is 4.98 Å². The molecule has 1 atom stereocenters. The first-order valence-corrected chi connectivity index (χ1v) is 7.50. The van der Waals surface area contributed by atoms with E-state index >= 15 is 0 Å². The minimum atomic E-state index is -0.0906. The summed E-state index contributed by atoms with van der Waals surface area (Å²) in [7, 11) is 0. The van der Waals surface area contributed by atoms with E-state index in [-0.39, 0.29) is 11.9 Å². The van der Waals surface area contributed by atoms with Crippen molar-refractivity contribution in [2.45, 2.75) is 26.3 Å². The van der Waals surface area contributed by atoms with Gasteiger partial charge in [-0.1, -0.05) is 18.2 Å². The minimum Gasteiger partial charge on any atom is -0.343 e. The summed E-state index contributed by atoms with van der Waals surface area (Å²) in [5.41, 5.74) is 8.24. The maximum Gasteiger partial charge on any atom is 0.252 e. The second-order valence-corrected chi connectivity index (χ2v) is 5.61. The number of carbonyl (C=O) groups is 1. The molecule has 0 fully saturated rings. The lowest BCUT2D eigenvalue weighted by Gasteiger charge is -2.13. The molecule has 20 heavy (non-hydrogen) atoms. The molecule has 4 nitrogen and oxygen atoms in total. The molecular weight excluding hydrogens is 270 g/mol.